The van der Waals surface area contributed by atoms with Crippen LogP contribution >= 0.6 is 23.2 Å². The topological polar surface area (TPSA) is 84.2 Å². The average Bonchev–Trinajstić information content (AvgIpc) is 2.42. The molecule has 2 aromatic rings. The number of hydrogen-bond donors (Lipinski definition) is 1. The molecule has 0 radical (unpaired) electrons. The lowest BCUT2D eigenvalue weighted by atomic mass is 10.3. The molecule has 0 atom stereocenters. The molecule has 0 saturated carbocycles. The van der Waals surface area contributed by atoms with Crippen molar-refractivity contribution in [2.24, 2.45) is 0 Å². The van der Waals surface area contributed by atoms with E-state index in [1.807, 2.05) is 0 Å². The molecule has 1 N–H and O–H groups in total. The van der Waals surface area contributed by atoms with Gasteiger partial charge < -0.3 is 10.2 Å². The van der Waals surface area contributed by atoms with Crippen molar-refractivity contribution in [3.63, 3.8) is 0 Å². The molecule has 0 fully saturated rings. The zero-order chi connectivity index (χ0) is 15.6. The molecule has 0 spiro atoms. The Balaban J connectivity index is 2.46. The monoisotopic (exact) mass is 327 g/mol. The van der Waals surface area contributed by atoms with Crippen LogP contribution in [-0.2, 0) is 0 Å². The van der Waals surface area contributed by atoms with Crippen LogP contribution in [0.1, 0.15) is 0 Å². The molecule has 2 rings (SSSR count). The molecular formula is C12H11Cl2N5O2. The highest BCUT2D eigenvalue weighted by molar-refractivity contribution is 6.42. The molecule has 0 aliphatic heterocycles. The number of nitrogens with zero attached hydrogens (tertiary/aromatic N) is 4. The molecule has 0 amide bonds. The SMILES string of the molecule is CN(C)c1ncnc(Nc2ccc(Cl)c(Cl)c2)c1[N+](=O)[O-]. The fourth-order valence-corrected chi connectivity index (χ4v) is 1.97. The first-order valence-corrected chi connectivity index (χ1v) is 6.54. The van der Waals surface area contributed by atoms with Crippen molar-refractivity contribution >= 4 is 46.2 Å². The van der Waals surface area contributed by atoms with Crippen LogP contribution in [0.4, 0.5) is 23.0 Å². The van der Waals surface area contributed by atoms with Gasteiger partial charge in [0.1, 0.15) is 6.33 Å². The van der Waals surface area contributed by atoms with E-state index in [0.717, 1.165) is 0 Å². The lowest BCUT2D eigenvalue weighted by Crippen LogP contribution is -2.14. The minimum atomic E-state index is -0.533. The molecule has 21 heavy (non-hydrogen) atoms. The zero-order valence-electron chi connectivity index (χ0n) is 11.2. The minimum absolute atomic E-state index is 0.0806. The third-order valence-corrected chi connectivity index (χ3v) is 3.33. The molecule has 1 aromatic heterocycles. The first-order valence-electron chi connectivity index (χ1n) is 5.79. The van der Waals surface area contributed by atoms with Crippen molar-refractivity contribution in [3.05, 3.63) is 44.7 Å². The normalized spacial score (nSPS) is 10.3. The molecule has 0 bridgehead atoms. The molecule has 0 unspecified atom stereocenters. The summed E-state index contributed by atoms with van der Waals surface area (Å²) >= 11 is 11.7. The third-order valence-electron chi connectivity index (χ3n) is 2.59. The molecule has 9 heteroatoms. The fraction of sp³-hybridized carbons (Fsp3) is 0.167. The second-order valence-corrected chi connectivity index (χ2v) is 5.11. The number of hydrogen-bond acceptors (Lipinski definition) is 6. The summed E-state index contributed by atoms with van der Waals surface area (Å²) in [4.78, 5) is 20.1. The van der Waals surface area contributed by atoms with Crippen LogP contribution in [0.5, 0.6) is 0 Å². The second-order valence-electron chi connectivity index (χ2n) is 4.30. The van der Waals surface area contributed by atoms with Crippen molar-refractivity contribution in [1.82, 2.24) is 9.97 Å². The van der Waals surface area contributed by atoms with Gasteiger partial charge in [0.2, 0.25) is 11.6 Å². The summed E-state index contributed by atoms with van der Waals surface area (Å²) in [5, 5.41) is 14.9. The van der Waals surface area contributed by atoms with Crippen LogP contribution < -0.4 is 10.2 Å². The molecule has 0 saturated heterocycles. The summed E-state index contributed by atoms with van der Waals surface area (Å²) in [5.41, 5.74) is 0.324. The molecule has 7 nitrogen and oxygen atoms in total. The van der Waals surface area contributed by atoms with E-state index >= 15 is 0 Å². The maximum Gasteiger partial charge on any atom is 0.353 e. The summed E-state index contributed by atoms with van der Waals surface area (Å²) in [7, 11) is 3.33. The van der Waals surface area contributed by atoms with Gasteiger partial charge in [-0.3, -0.25) is 10.1 Å². The smallest absolute Gasteiger partial charge is 0.353 e. The Morgan fingerprint density at radius 3 is 2.52 bits per heavy atom. The number of benzene rings is 1. The largest absolute Gasteiger partial charge is 0.357 e. The van der Waals surface area contributed by atoms with Gasteiger partial charge in [-0.2, -0.15) is 0 Å². The summed E-state index contributed by atoms with van der Waals surface area (Å²) in [5.74, 6) is 0.287. The quantitative estimate of drug-likeness (QED) is 0.683. The van der Waals surface area contributed by atoms with Gasteiger partial charge in [-0.05, 0) is 18.2 Å². The van der Waals surface area contributed by atoms with E-state index in [9.17, 15) is 10.1 Å². The number of rotatable bonds is 4. The van der Waals surface area contributed by atoms with Gasteiger partial charge in [0.05, 0.1) is 15.0 Å². The van der Waals surface area contributed by atoms with E-state index < -0.39 is 4.92 Å². The third kappa shape index (κ3) is 3.32. The average molecular weight is 328 g/mol. The molecule has 110 valence electrons. The first-order chi connectivity index (χ1) is 9.90. The Kier molecular flexibility index (Phi) is 4.44. The van der Waals surface area contributed by atoms with Crippen LogP contribution in [0, 0.1) is 10.1 Å². The number of aromatic nitrogens is 2. The molecule has 0 aliphatic carbocycles. The molecule has 1 aromatic carbocycles. The summed E-state index contributed by atoms with van der Waals surface area (Å²) in [6.45, 7) is 0. The van der Waals surface area contributed by atoms with Crippen LogP contribution in [0.25, 0.3) is 0 Å². The van der Waals surface area contributed by atoms with Crippen molar-refractivity contribution in [2.75, 3.05) is 24.3 Å². The van der Waals surface area contributed by atoms with Crippen LogP contribution in [0.2, 0.25) is 10.0 Å². The van der Waals surface area contributed by atoms with E-state index in [2.05, 4.69) is 15.3 Å². The van der Waals surface area contributed by atoms with E-state index in [1.165, 1.54) is 6.33 Å². The minimum Gasteiger partial charge on any atom is -0.357 e. The molecular weight excluding hydrogens is 317 g/mol. The number of nitro groups is 1. The van der Waals surface area contributed by atoms with Crippen LogP contribution in [-0.4, -0.2) is 29.0 Å². The van der Waals surface area contributed by atoms with Gasteiger partial charge in [-0.1, -0.05) is 23.2 Å². The van der Waals surface area contributed by atoms with Crippen LogP contribution in [0.15, 0.2) is 24.5 Å². The summed E-state index contributed by atoms with van der Waals surface area (Å²) in [6.07, 6.45) is 1.25. The highest BCUT2D eigenvalue weighted by Gasteiger charge is 2.24. The summed E-state index contributed by atoms with van der Waals surface area (Å²) < 4.78 is 0. The molecule has 1 heterocycles. The van der Waals surface area contributed by atoms with Gasteiger partial charge in [0.25, 0.3) is 0 Å². The van der Waals surface area contributed by atoms with Gasteiger partial charge in [0, 0.05) is 19.8 Å². The van der Waals surface area contributed by atoms with Gasteiger partial charge in [-0.25, -0.2) is 9.97 Å². The van der Waals surface area contributed by atoms with Gasteiger partial charge in [0.15, 0.2) is 0 Å². The number of anilines is 3. The second kappa shape index (κ2) is 6.11. The highest BCUT2D eigenvalue weighted by atomic mass is 35.5. The number of halogens is 2. The lowest BCUT2D eigenvalue weighted by Gasteiger charge is -2.13. The highest BCUT2D eigenvalue weighted by Crippen LogP contribution is 2.33. The lowest BCUT2D eigenvalue weighted by molar-refractivity contribution is -0.383. The Labute approximate surface area is 130 Å². The van der Waals surface area contributed by atoms with Gasteiger partial charge in [-0.15, -0.1) is 0 Å². The van der Waals surface area contributed by atoms with E-state index in [4.69, 9.17) is 23.2 Å². The first kappa shape index (κ1) is 15.3. The van der Waals surface area contributed by atoms with Crippen molar-refractivity contribution in [3.8, 4) is 0 Å². The maximum absolute atomic E-state index is 11.3. The van der Waals surface area contributed by atoms with Crippen LogP contribution in [0.3, 0.4) is 0 Å². The Morgan fingerprint density at radius 2 is 1.95 bits per heavy atom. The standard InChI is InChI=1S/C12H11Cl2N5O2/c1-18(2)12-10(19(20)21)11(15-6-16-12)17-7-3-4-8(13)9(14)5-7/h3-6H,1-2H3,(H,15,16,17). The van der Waals surface area contributed by atoms with E-state index in [1.54, 1.807) is 37.2 Å². The predicted molar refractivity (Wildman–Crippen MR) is 82.8 cm³/mol. The Morgan fingerprint density at radius 1 is 1.24 bits per heavy atom. The number of nitrogens with one attached hydrogen (secondary N) is 1. The predicted octanol–water partition coefficient (Wildman–Crippen LogP) is 3.50. The van der Waals surface area contributed by atoms with Crippen molar-refractivity contribution < 1.29 is 4.92 Å². The van der Waals surface area contributed by atoms with Crippen molar-refractivity contribution in [1.29, 1.82) is 0 Å². The zero-order valence-corrected chi connectivity index (χ0v) is 12.7. The van der Waals surface area contributed by atoms with Gasteiger partial charge >= 0.3 is 5.69 Å². The Hall–Kier alpha value is -2.12. The summed E-state index contributed by atoms with van der Waals surface area (Å²) in [6, 6.07) is 4.80. The van der Waals surface area contributed by atoms with E-state index in [-0.39, 0.29) is 17.3 Å². The Bertz CT molecular complexity index is 693. The maximum atomic E-state index is 11.3. The van der Waals surface area contributed by atoms with Crippen molar-refractivity contribution in [2.45, 2.75) is 0 Å². The molecule has 0 aliphatic rings. The van der Waals surface area contributed by atoms with E-state index in [0.29, 0.717) is 15.7 Å². The fourth-order valence-electron chi connectivity index (χ4n) is 1.67.